The lowest BCUT2D eigenvalue weighted by atomic mass is 9.97. The minimum atomic E-state index is -2.41. The van der Waals surface area contributed by atoms with Crippen LogP contribution in [0.2, 0.25) is 0 Å². The molecule has 1 heterocycles. The Hall–Kier alpha value is -3.42. The molecule has 1 heteroatoms. The van der Waals surface area contributed by atoms with Gasteiger partial charge in [-0.3, -0.25) is 0 Å². The summed E-state index contributed by atoms with van der Waals surface area (Å²) in [5, 5.41) is 8.74. The molecule has 0 aliphatic carbocycles. The molecule has 30 heavy (non-hydrogen) atoms. The standard InChI is InChI=1S/C29H22Si/c1-21-20-27-25-17-10-11-19-28(25)30(22-12-4-2-5-13-22,23-14-6-3-7-15-23)29(27)26-18-9-8-16-24(21)26/h2-20H,1H3. The molecule has 0 atom stereocenters. The molecule has 1 aliphatic heterocycles. The lowest BCUT2D eigenvalue weighted by molar-refractivity contribution is 1.54. The first-order chi connectivity index (χ1) is 14.8. The summed E-state index contributed by atoms with van der Waals surface area (Å²) < 4.78 is 0. The first kappa shape index (κ1) is 17.4. The summed E-state index contributed by atoms with van der Waals surface area (Å²) in [7, 11) is -2.41. The summed E-state index contributed by atoms with van der Waals surface area (Å²) >= 11 is 0. The third kappa shape index (κ3) is 2.21. The molecule has 6 rings (SSSR count). The monoisotopic (exact) mass is 398 g/mol. The van der Waals surface area contributed by atoms with Crippen molar-refractivity contribution in [2.24, 2.45) is 0 Å². The van der Waals surface area contributed by atoms with Crippen molar-refractivity contribution in [2.45, 2.75) is 6.92 Å². The van der Waals surface area contributed by atoms with Gasteiger partial charge in [-0.25, -0.2) is 0 Å². The van der Waals surface area contributed by atoms with Gasteiger partial charge in [0.15, 0.2) is 8.07 Å². The molecule has 5 aromatic rings. The minimum absolute atomic E-state index is 1.35. The molecule has 1 aliphatic rings. The highest BCUT2D eigenvalue weighted by atomic mass is 28.3. The molecule has 0 saturated heterocycles. The average Bonchev–Trinajstić information content (AvgIpc) is 3.12. The summed E-state index contributed by atoms with van der Waals surface area (Å²) in [5.74, 6) is 0. The minimum Gasteiger partial charge on any atom is -0.0623 e. The Balaban J connectivity index is 1.90. The zero-order chi connectivity index (χ0) is 20.1. The van der Waals surface area contributed by atoms with Crippen molar-refractivity contribution >= 4 is 39.6 Å². The molecule has 0 fully saturated rings. The van der Waals surface area contributed by atoms with E-state index < -0.39 is 8.07 Å². The maximum absolute atomic E-state index is 2.43. The Kier molecular flexibility index (Phi) is 3.81. The van der Waals surface area contributed by atoms with Crippen molar-refractivity contribution in [2.75, 3.05) is 0 Å². The number of fused-ring (bicyclic) bond motifs is 5. The molecule has 142 valence electrons. The van der Waals surface area contributed by atoms with E-state index >= 15 is 0 Å². The van der Waals surface area contributed by atoms with E-state index in [1.807, 2.05) is 0 Å². The molecule has 0 aromatic heterocycles. The Morgan fingerprint density at radius 1 is 0.500 bits per heavy atom. The molecule has 0 nitrogen and oxygen atoms in total. The van der Waals surface area contributed by atoms with Crippen LogP contribution in [0.5, 0.6) is 0 Å². The molecule has 0 spiro atoms. The van der Waals surface area contributed by atoms with Crippen LogP contribution in [-0.2, 0) is 0 Å². The van der Waals surface area contributed by atoms with E-state index in [2.05, 4.69) is 122 Å². The smallest absolute Gasteiger partial charge is 0.0623 e. The van der Waals surface area contributed by atoms with Gasteiger partial charge in [-0.15, -0.1) is 0 Å². The highest BCUT2D eigenvalue weighted by molar-refractivity contribution is 7.23. The zero-order valence-corrected chi connectivity index (χ0v) is 18.0. The van der Waals surface area contributed by atoms with Crippen LogP contribution in [-0.4, -0.2) is 8.07 Å². The predicted molar refractivity (Wildman–Crippen MR) is 131 cm³/mol. The summed E-state index contributed by atoms with van der Waals surface area (Å²) in [5.41, 5.74) is 4.17. The van der Waals surface area contributed by atoms with Gasteiger partial charge >= 0.3 is 0 Å². The van der Waals surface area contributed by atoms with Crippen LogP contribution in [0.3, 0.4) is 0 Å². The molecule has 0 saturated carbocycles. The molecular weight excluding hydrogens is 376 g/mol. The number of benzene rings is 5. The second-order valence-electron chi connectivity index (χ2n) is 8.19. The Morgan fingerprint density at radius 2 is 1.03 bits per heavy atom. The van der Waals surface area contributed by atoms with Crippen LogP contribution >= 0.6 is 0 Å². The van der Waals surface area contributed by atoms with Gasteiger partial charge in [0, 0.05) is 0 Å². The van der Waals surface area contributed by atoms with Crippen molar-refractivity contribution in [1.82, 2.24) is 0 Å². The Bertz CT molecular complexity index is 1350. The maximum atomic E-state index is 2.43. The van der Waals surface area contributed by atoms with E-state index in [0.717, 1.165) is 0 Å². The fourth-order valence-corrected chi connectivity index (χ4v) is 10.9. The van der Waals surface area contributed by atoms with Crippen LogP contribution in [0.4, 0.5) is 0 Å². The van der Waals surface area contributed by atoms with Crippen molar-refractivity contribution in [3.63, 3.8) is 0 Å². The molecule has 0 amide bonds. The van der Waals surface area contributed by atoms with Crippen LogP contribution < -0.4 is 20.7 Å². The largest absolute Gasteiger partial charge is 0.181 e. The number of hydrogen-bond acceptors (Lipinski definition) is 0. The van der Waals surface area contributed by atoms with E-state index in [4.69, 9.17) is 0 Å². The van der Waals surface area contributed by atoms with Gasteiger partial charge in [0.2, 0.25) is 0 Å². The van der Waals surface area contributed by atoms with Crippen LogP contribution in [0, 0.1) is 6.92 Å². The summed E-state index contributed by atoms with van der Waals surface area (Å²) in [6, 6.07) is 43.0. The van der Waals surface area contributed by atoms with Gasteiger partial charge in [-0.05, 0) is 55.1 Å². The van der Waals surface area contributed by atoms with Gasteiger partial charge in [0.1, 0.15) is 0 Å². The van der Waals surface area contributed by atoms with Crippen LogP contribution in [0.25, 0.3) is 21.9 Å². The molecule has 5 aromatic carbocycles. The molecule has 0 N–H and O–H groups in total. The van der Waals surface area contributed by atoms with E-state index in [1.54, 1.807) is 5.19 Å². The van der Waals surface area contributed by atoms with E-state index in [1.165, 1.54) is 43.0 Å². The second-order valence-corrected chi connectivity index (χ2v) is 11.9. The van der Waals surface area contributed by atoms with Crippen molar-refractivity contribution in [3.05, 3.63) is 121 Å². The van der Waals surface area contributed by atoms with Gasteiger partial charge < -0.3 is 0 Å². The average molecular weight is 399 g/mol. The predicted octanol–water partition coefficient (Wildman–Crippen LogP) is 4.51. The van der Waals surface area contributed by atoms with Crippen LogP contribution in [0.1, 0.15) is 5.56 Å². The number of aryl methyl sites for hydroxylation is 1. The SMILES string of the molecule is Cc1cc2c(c3ccccc13)[Si](c1ccccc1)(c1ccccc1)c1ccccc1-2. The van der Waals surface area contributed by atoms with Gasteiger partial charge in [-0.2, -0.15) is 0 Å². The third-order valence-electron chi connectivity index (χ3n) is 6.66. The Morgan fingerprint density at radius 3 is 1.70 bits per heavy atom. The second kappa shape index (κ2) is 6.55. The highest BCUT2D eigenvalue weighted by Crippen LogP contribution is 2.33. The normalized spacial score (nSPS) is 13.8. The van der Waals surface area contributed by atoms with E-state index in [0.29, 0.717) is 0 Å². The Labute approximate surface area is 178 Å². The van der Waals surface area contributed by atoms with Gasteiger partial charge in [0.25, 0.3) is 0 Å². The summed E-state index contributed by atoms with van der Waals surface area (Å²) in [6.07, 6.45) is 0. The molecule has 0 bridgehead atoms. The first-order valence-corrected chi connectivity index (χ1v) is 12.6. The highest BCUT2D eigenvalue weighted by Gasteiger charge is 2.49. The molecule has 0 radical (unpaired) electrons. The number of hydrogen-bond donors (Lipinski definition) is 0. The molecular formula is C29H22Si. The fourth-order valence-electron chi connectivity index (χ4n) is 5.50. The van der Waals surface area contributed by atoms with E-state index in [-0.39, 0.29) is 0 Å². The third-order valence-corrected chi connectivity index (χ3v) is 11.6. The number of rotatable bonds is 2. The lowest BCUT2D eigenvalue weighted by Crippen LogP contribution is -2.73. The molecule has 0 unspecified atom stereocenters. The zero-order valence-electron chi connectivity index (χ0n) is 17.0. The van der Waals surface area contributed by atoms with Crippen molar-refractivity contribution in [3.8, 4) is 11.1 Å². The summed E-state index contributed by atoms with van der Waals surface area (Å²) in [4.78, 5) is 0. The topological polar surface area (TPSA) is 0 Å². The van der Waals surface area contributed by atoms with E-state index in [9.17, 15) is 0 Å². The first-order valence-electron chi connectivity index (χ1n) is 10.6. The lowest BCUT2D eigenvalue weighted by Gasteiger charge is -2.32. The van der Waals surface area contributed by atoms with Crippen LogP contribution in [0.15, 0.2) is 115 Å². The van der Waals surface area contributed by atoms with Crippen molar-refractivity contribution in [1.29, 1.82) is 0 Å². The quantitative estimate of drug-likeness (QED) is 0.377. The fraction of sp³-hybridized carbons (Fsp3) is 0.0345. The maximum Gasteiger partial charge on any atom is 0.181 e. The summed E-state index contributed by atoms with van der Waals surface area (Å²) in [6.45, 7) is 2.25. The van der Waals surface area contributed by atoms with Gasteiger partial charge in [0.05, 0.1) is 0 Å². The van der Waals surface area contributed by atoms with Crippen molar-refractivity contribution < 1.29 is 0 Å². The van der Waals surface area contributed by atoms with Gasteiger partial charge in [-0.1, -0.05) is 115 Å².